The molecule has 0 aliphatic carbocycles. The van der Waals surface area contributed by atoms with Crippen molar-refractivity contribution in [2.75, 3.05) is 31.6 Å². The van der Waals surface area contributed by atoms with Crippen LogP contribution in [-0.2, 0) is 14.8 Å². The van der Waals surface area contributed by atoms with Crippen molar-refractivity contribution in [2.45, 2.75) is 18.7 Å². The van der Waals surface area contributed by atoms with Crippen LogP contribution in [0.1, 0.15) is 21.7 Å². The van der Waals surface area contributed by atoms with Gasteiger partial charge >= 0.3 is 0 Å². The van der Waals surface area contributed by atoms with Crippen LogP contribution in [0.15, 0.2) is 47.5 Å². The van der Waals surface area contributed by atoms with Crippen LogP contribution < -0.4 is 5.32 Å². The number of sulfonamides is 1. The number of halogens is 1. The maximum atomic E-state index is 13.0. The summed E-state index contributed by atoms with van der Waals surface area (Å²) in [7, 11) is -3.81. The summed E-state index contributed by atoms with van der Waals surface area (Å²) in [4.78, 5) is 17.0. The zero-order valence-electron chi connectivity index (χ0n) is 17.6. The molecule has 0 unspecified atom stereocenters. The van der Waals surface area contributed by atoms with Crippen molar-refractivity contribution in [1.82, 2.24) is 19.1 Å². The molecule has 32 heavy (non-hydrogen) atoms. The van der Waals surface area contributed by atoms with Crippen molar-refractivity contribution in [2.24, 2.45) is 0 Å². The number of aromatic nitrogens is 3. The number of aryl methyl sites for hydroxylation is 2. The Morgan fingerprint density at radius 1 is 1.12 bits per heavy atom. The molecular weight excluding hydrogens is 454 g/mol. The number of ether oxygens (including phenoxy) is 1. The summed E-state index contributed by atoms with van der Waals surface area (Å²) < 4.78 is 34.2. The number of benzene rings is 1. The van der Waals surface area contributed by atoms with Crippen LogP contribution in [0.5, 0.6) is 0 Å². The number of rotatable bonds is 5. The second-order valence-corrected chi connectivity index (χ2v) is 9.67. The van der Waals surface area contributed by atoms with E-state index >= 15 is 0 Å². The summed E-state index contributed by atoms with van der Waals surface area (Å²) >= 11 is 6.18. The molecule has 2 aromatic heterocycles. The predicted octanol–water partition coefficient (Wildman–Crippen LogP) is 2.81. The van der Waals surface area contributed by atoms with Gasteiger partial charge < -0.3 is 10.1 Å². The molecule has 1 saturated heterocycles. The zero-order chi connectivity index (χ0) is 22.9. The third-order valence-corrected chi connectivity index (χ3v) is 7.39. The number of hydrogen-bond donors (Lipinski definition) is 1. The second-order valence-electron chi connectivity index (χ2n) is 7.36. The highest BCUT2D eigenvalue weighted by Crippen LogP contribution is 2.28. The summed E-state index contributed by atoms with van der Waals surface area (Å²) in [6.45, 7) is 4.98. The number of amides is 1. The highest BCUT2D eigenvalue weighted by atomic mass is 35.5. The number of nitrogens with one attached hydrogen (secondary N) is 1. The van der Waals surface area contributed by atoms with Gasteiger partial charge in [-0.1, -0.05) is 11.6 Å². The summed E-state index contributed by atoms with van der Waals surface area (Å²) in [5.41, 5.74) is 2.44. The minimum absolute atomic E-state index is 0.0585. The van der Waals surface area contributed by atoms with Crippen molar-refractivity contribution in [1.29, 1.82) is 0 Å². The van der Waals surface area contributed by atoms with Crippen LogP contribution in [0.2, 0.25) is 5.02 Å². The molecule has 0 atom stereocenters. The summed E-state index contributed by atoms with van der Waals surface area (Å²) in [6.07, 6.45) is 1.45. The molecule has 1 aliphatic rings. The number of pyridine rings is 1. The summed E-state index contributed by atoms with van der Waals surface area (Å²) in [5.74, 6) is 0.173. The standard InChI is InChI=1S/C21H22ClN5O4S/c1-14-11-15(2)27(25-14)20-6-3-16(13-23-20)21(28)24-17-4-5-18(22)19(12-17)32(29,30)26-7-9-31-10-8-26/h3-6,11-13H,7-10H2,1-2H3,(H,24,28). The molecular formula is C21H22ClN5O4S. The van der Waals surface area contributed by atoms with Gasteiger partial charge in [0, 0.05) is 30.7 Å². The van der Waals surface area contributed by atoms with Crippen molar-refractivity contribution in [3.63, 3.8) is 0 Å². The van der Waals surface area contributed by atoms with E-state index in [4.69, 9.17) is 16.3 Å². The smallest absolute Gasteiger partial charge is 0.257 e. The fourth-order valence-electron chi connectivity index (χ4n) is 3.41. The number of anilines is 1. The minimum atomic E-state index is -3.81. The molecule has 1 aliphatic heterocycles. The fraction of sp³-hybridized carbons (Fsp3) is 0.286. The molecule has 0 spiro atoms. The van der Waals surface area contributed by atoms with E-state index in [0.717, 1.165) is 11.4 Å². The predicted molar refractivity (Wildman–Crippen MR) is 120 cm³/mol. The average molecular weight is 476 g/mol. The molecule has 11 heteroatoms. The quantitative estimate of drug-likeness (QED) is 0.608. The van der Waals surface area contributed by atoms with Gasteiger partial charge in [-0.25, -0.2) is 18.1 Å². The van der Waals surface area contributed by atoms with E-state index in [-0.39, 0.29) is 23.0 Å². The van der Waals surface area contributed by atoms with Gasteiger partial charge in [-0.3, -0.25) is 4.79 Å². The Morgan fingerprint density at radius 3 is 2.50 bits per heavy atom. The lowest BCUT2D eigenvalue weighted by Crippen LogP contribution is -2.40. The Morgan fingerprint density at radius 2 is 1.88 bits per heavy atom. The first kappa shape index (κ1) is 22.4. The molecule has 9 nitrogen and oxygen atoms in total. The van der Waals surface area contributed by atoms with E-state index in [1.807, 2.05) is 19.9 Å². The van der Waals surface area contributed by atoms with Crippen molar-refractivity contribution >= 4 is 33.2 Å². The zero-order valence-corrected chi connectivity index (χ0v) is 19.2. The molecule has 168 valence electrons. The first-order valence-corrected chi connectivity index (χ1v) is 11.8. The van der Waals surface area contributed by atoms with Crippen LogP contribution in [0.25, 0.3) is 5.82 Å². The summed E-state index contributed by atoms with van der Waals surface area (Å²) in [6, 6.07) is 9.64. The van der Waals surface area contributed by atoms with Gasteiger partial charge in [-0.2, -0.15) is 9.40 Å². The Kier molecular flexibility index (Phi) is 6.29. The van der Waals surface area contributed by atoms with E-state index in [1.165, 1.54) is 22.6 Å². The number of hydrogen-bond acceptors (Lipinski definition) is 6. The Hall–Kier alpha value is -2.79. The lowest BCUT2D eigenvalue weighted by atomic mass is 10.2. The van der Waals surface area contributed by atoms with Gasteiger partial charge in [-0.15, -0.1) is 0 Å². The normalized spacial score (nSPS) is 15.0. The van der Waals surface area contributed by atoms with E-state index in [1.54, 1.807) is 22.9 Å². The van der Waals surface area contributed by atoms with Crippen LogP contribution in [0.4, 0.5) is 5.69 Å². The van der Waals surface area contributed by atoms with E-state index < -0.39 is 15.9 Å². The van der Waals surface area contributed by atoms with E-state index in [2.05, 4.69) is 15.4 Å². The highest BCUT2D eigenvalue weighted by Gasteiger charge is 2.28. The van der Waals surface area contributed by atoms with Gasteiger partial charge in [0.25, 0.3) is 5.91 Å². The van der Waals surface area contributed by atoms with Gasteiger partial charge in [0.15, 0.2) is 5.82 Å². The Bertz CT molecular complexity index is 1250. The Labute approximate surface area is 191 Å². The van der Waals surface area contributed by atoms with Gasteiger partial charge in [0.2, 0.25) is 10.0 Å². The van der Waals surface area contributed by atoms with Crippen LogP contribution in [-0.4, -0.2) is 59.7 Å². The maximum Gasteiger partial charge on any atom is 0.257 e. The third kappa shape index (κ3) is 4.53. The first-order valence-electron chi connectivity index (χ1n) is 9.94. The Balaban J connectivity index is 1.53. The molecule has 1 aromatic carbocycles. The highest BCUT2D eigenvalue weighted by molar-refractivity contribution is 7.89. The average Bonchev–Trinajstić information content (AvgIpc) is 3.13. The molecule has 1 amide bonds. The largest absolute Gasteiger partial charge is 0.379 e. The second kappa shape index (κ2) is 8.99. The molecule has 1 fully saturated rings. The molecule has 4 rings (SSSR count). The monoisotopic (exact) mass is 475 g/mol. The molecule has 3 heterocycles. The topological polar surface area (TPSA) is 106 Å². The third-order valence-electron chi connectivity index (χ3n) is 5.01. The fourth-order valence-corrected chi connectivity index (χ4v) is 5.32. The minimum Gasteiger partial charge on any atom is -0.379 e. The lowest BCUT2D eigenvalue weighted by molar-refractivity contribution is 0.0730. The van der Waals surface area contributed by atoms with Crippen molar-refractivity contribution in [3.8, 4) is 5.82 Å². The molecule has 0 saturated carbocycles. The van der Waals surface area contributed by atoms with Gasteiger partial charge in [0.1, 0.15) is 4.90 Å². The number of morpholine rings is 1. The molecule has 3 aromatic rings. The SMILES string of the molecule is Cc1cc(C)n(-c2ccc(C(=O)Nc3ccc(Cl)c(S(=O)(=O)N4CCOCC4)c3)cn2)n1. The van der Waals surface area contributed by atoms with E-state index in [0.29, 0.717) is 30.3 Å². The molecule has 0 radical (unpaired) electrons. The maximum absolute atomic E-state index is 13.0. The van der Waals surface area contributed by atoms with Gasteiger partial charge in [0.05, 0.1) is 29.5 Å². The van der Waals surface area contributed by atoms with E-state index in [9.17, 15) is 13.2 Å². The lowest BCUT2D eigenvalue weighted by Gasteiger charge is -2.26. The number of nitrogens with zero attached hydrogens (tertiary/aromatic N) is 4. The molecule has 0 bridgehead atoms. The van der Waals surface area contributed by atoms with Crippen LogP contribution >= 0.6 is 11.6 Å². The number of carbonyl (C=O) groups excluding carboxylic acids is 1. The number of carbonyl (C=O) groups is 1. The van der Waals surface area contributed by atoms with Gasteiger partial charge in [-0.05, 0) is 50.2 Å². The molecule has 1 N–H and O–H groups in total. The summed E-state index contributed by atoms with van der Waals surface area (Å²) in [5, 5.41) is 7.17. The van der Waals surface area contributed by atoms with Crippen molar-refractivity contribution < 1.29 is 17.9 Å². The first-order chi connectivity index (χ1) is 15.3. The van der Waals surface area contributed by atoms with Crippen LogP contribution in [0.3, 0.4) is 0 Å². The van der Waals surface area contributed by atoms with Crippen molar-refractivity contribution in [3.05, 3.63) is 64.6 Å². The van der Waals surface area contributed by atoms with Crippen LogP contribution in [0, 0.1) is 13.8 Å².